The molecule has 1 atom stereocenters. The number of hydrogen-bond acceptors (Lipinski definition) is 2. The Labute approximate surface area is 109 Å². The molecule has 0 aliphatic heterocycles. The summed E-state index contributed by atoms with van der Waals surface area (Å²) in [6.45, 7) is 6.76. The van der Waals surface area contributed by atoms with Gasteiger partial charge in [0.15, 0.2) is 0 Å². The lowest BCUT2D eigenvalue weighted by Gasteiger charge is -2.19. The second kappa shape index (κ2) is 8.48. The third-order valence-electron chi connectivity index (χ3n) is 2.83. The van der Waals surface area contributed by atoms with Crippen molar-refractivity contribution in [2.75, 3.05) is 12.3 Å². The molecule has 0 aromatic rings. The molecule has 0 heterocycles. The molecule has 0 aromatic carbocycles. The SMILES string of the molecule is CCCCS(=O)(=O)NCC(Br)C(CC)CC. The maximum Gasteiger partial charge on any atom is 0.211 e. The van der Waals surface area contributed by atoms with E-state index < -0.39 is 10.0 Å². The Balaban J connectivity index is 4.03. The highest BCUT2D eigenvalue weighted by atomic mass is 79.9. The van der Waals surface area contributed by atoms with E-state index in [2.05, 4.69) is 34.5 Å². The van der Waals surface area contributed by atoms with Crippen LogP contribution in [0.5, 0.6) is 0 Å². The summed E-state index contributed by atoms with van der Waals surface area (Å²) in [6, 6.07) is 0. The topological polar surface area (TPSA) is 46.2 Å². The summed E-state index contributed by atoms with van der Waals surface area (Å²) in [7, 11) is -3.07. The molecule has 1 unspecified atom stereocenters. The van der Waals surface area contributed by atoms with E-state index in [1.807, 2.05) is 6.92 Å². The predicted octanol–water partition coefficient (Wildman–Crippen LogP) is 2.91. The first-order chi connectivity index (χ1) is 7.46. The third kappa shape index (κ3) is 6.86. The van der Waals surface area contributed by atoms with E-state index in [4.69, 9.17) is 0 Å². The fraction of sp³-hybridized carbons (Fsp3) is 1.00. The van der Waals surface area contributed by atoms with Gasteiger partial charge in [-0.1, -0.05) is 56.0 Å². The van der Waals surface area contributed by atoms with Crippen molar-refractivity contribution >= 4 is 26.0 Å². The molecule has 98 valence electrons. The molecule has 0 saturated heterocycles. The van der Waals surface area contributed by atoms with Gasteiger partial charge in [0.25, 0.3) is 0 Å². The van der Waals surface area contributed by atoms with Crippen LogP contribution in [0, 0.1) is 5.92 Å². The molecule has 0 saturated carbocycles. The zero-order chi connectivity index (χ0) is 12.6. The fourth-order valence-corrected chi connectivity index (χ4v) is 3.95. The first-order valence-electron chi connectivity index (χ1n) is 6.08. The van der Waals surface area contributed by atoms with Crippen molar-refractivity contribution in [1.29, 1.82) is 0 Å². The van der Waals surface area contributed by atoms with E-state index in [1.54, 1.807) is 0 Å². The molecule has 0 aliphatic rings. The Morgan fingerprint density at radius 1 is 1.19 bits per heavy atom. The molecule has 5 heteroatoms. The Kier molecular flexibility index (Phi) is 8.68. The zero-order valence-corrected chi connectivity index (χ0v) is 12.9. The Bertz CT molecular complexity index is 263. The van der Waals surface area contributed by atoms with Crippen LogP contribution in [-0.4, -0.2) is 25.5 Å². The zero-order valence-electron chi connectivity index (χ0n) is 10.5. The van der Waals surface area contributed by atoms with Crippen LogP contribution in [0.3, 0.4) is 0 Å². The summed E-state index contributed by atoms with van der Waals surface area (Å²) in [5.74, 6) is 0.778. The lowest BCUT2D eigenvalue weighted by molar-refractivity contribution is 0.470. The largest absolute Gasteiger partial charge is 0.214 e. The minimum atomic E-state index is -3.07. The number of hydrogen-bond donors (Lipinski definition) is 1. The molecule has 0 amide bonds. The molecule has 0 spiro atoms. The lowest BCUT2D eigenvalue weighted by Crippen LogP contribution is -2.34. The Morgan fingerprint density at radius 3 is 2.19 bits per heavy atom. The molecule has 1 N–H and O–H groups in total. The maximum absolute atomic E-state index is 11.6. The second-order valence-electron chi connectivity index (χ2n) is 4.11. The Morgan fingerprint density at radius 2 is 1.75 bits per heavy atom. The molecule has 0 radical (unpaired) electrons. The van der Waals surface area contributed by atoms with Crippen molar-refractivity contribution in [2.45, 2.75) is 51.3 Å². The summed E-state index contributed by atoms with van der Waals surface area (Å²) < 4.78 is 25.8. The van der Waals surface area contributed by atoms with Crippen LogP contribution < -0.4 is 4.72 Å². The summed E-state index contributed by atoms with van der Waals surface area (Å²) in [6.07, 6.45) is 3.78. The van der Waals surface area contributed by atoms with Crippen molar-refractivity contribution < 1.29 is 8.42 Å². The van der Waals surface area contributed by atoms with E-state index in [1.165, 1.54) is 0 Å². The van der Waals surface area contributed by atoms with Crippen LogP contribution in [0.4, 0.5) is 0 Å². The van der Waals surface area contributed by atoms with Gasteiger partial charge in [-0.15, -0.1) is 0 Å². The highest BCUT2D eigenvalue weighted by molar-refractivity contribution is 9.09. The molecular weight excluding hydrogens is 290 g/mol. The fourth-order valence-electron chi connectivity index (χ4n) is 1.58. The van der Waals surface area contributed by atoms with Gasteiger partial charge < -0.3 is 0 Å². The van der Waals surface area contributed by atoms with E-state index in [0.717, 1.165) is 25.7 Å². The third-order valence-corrected chi connectivity index (χ3v) is 5.33. The van der Waals surface area contributed by atoms with Gasteiger partial charge in [-0.05, 0) is 12.3 Å². The van der Waals surface area contributed by atoms with Crippen LogP contribution in [-0.2, 0) is 10.0 Å². The average Bonchev–Trinajstić information content (AvgIpc) is 2.25. The number of alkyl halides is 1. The van der Waals surface area contributed by atoms with Gasteiger partial charge in [-0.3, -0.25) is 0 Å². The number of rotatable bonds is 9. The van der Waals surface area contributed by atoms with Gasteiger partial charge in [0.05, 0.1) is 5.75 Å². The second-order valence-corrected chi connectivity index (χ2v) is 7.22. The standard InChI is InChI=1S/C11H24BrNO2S/c1-4-7-8-16(14,15)13-9-11(12)10(5-2)6-3/h10-11,13H,4-9H2,1-3H3. The molecule has 0 fully saturated rings. The minimum absolute atomic E-state index is 0.235. The van der Waals surface area contributed by atoms with Crippen molar-refractivity contribution in [3.63, 3.8) is 0 Å². The number of nitrogens with one attached hydrogen (secondary N) is 1. The average molecular weight is 314 g/mol. The summed E-state index contributed by atoms with van der Waals surface area (Å²) in [5, 5.41) is 0. The molecule has 0 aromatic heterocycles. The van der Waals surface area contributed by atoms with Crippen molar-refractivity contribution in [3.8, 4) is 0 Å². The first-order valence-corrected chi connectivity index (χ1v) is 8.65. The molecule has 0 bridgehead atoms. The van der Waals surface area contributed by atoms with Gasteiger partial charge >= 0.3 is 0 Å². The Hall–Kier alpha value is 0.390. The molecular formula is C11H24BrNO2S. The van der Waals surface area contributed by atoms with Gasteiger partial charge in [0.1, 0.15) is 0 Å². The van der Waals surface area contributed by atoms with Crippen molar-refractivity contribution in [1.82, 2.24) is 4.72 Å². The smallest absolute Gasteiger partial charge is 0.211 e. The maximum atomic E-state index is 11.6. The van der Waals surface area contributed by atoms with Crippen LogP contribution in [0.1, 0.15) is 46.5 Å². The number of halogens is 1. The summed E-state index contributed by atoms with van der Waals surface area (Å²) >= 11 is 3.56. The van der Waals surface area contributed by atoms with Crippen LogP contribution in [0.2, 0.25) is 0 Å². The number of sulfonamides is 1. The lowest BCUT2D eigenvalue weighted by atomic mass is 10.00. The number of unbranched alkanes of at least 4 members (excludes halogenated alkanes) is 1. The molecule has 3 nitrogen and oxygen atoms in total. The molecule has 16 heavy (non-hydrogen) atoms. The molecule has 0 aliphatic carbocycles. The quantitative estimate of drug-likeness (QED) is 0.665. The summed E-state index contributed by atoms with van der Waals surface area (Å²) in [4.78, 5) is 0.235. The highest BCUT2D eigenvalue weighted by Crippen LogP contribution is 2.19. The van der Waals surface area contributed by atoms with Gasteiger partial charge in [0.2, 0.25) is 10.0 Å². The van der Waals surface area contributed by atoms with Crippen molar-refractivity contribution in [2.24, 2.45) is 5.92 Å². The molecule has 0 rings (SSSR count). The minimum Gasteiger partial charge on any atom is -0.214 e. The predicted molar refractivity (Wildman–Crippen MR) is 73.5 cm³/mol. The first kappa shape index (κ1) is 16.4. The highest BCUT2D eigenvalue weighted by Gasteiger charge is 2.18. The normalized spacial score (nSPS) is 14.3. The van der Waals surface area contributed by atoms with Crippen LogP contribution >= 0.6 is 15.9 Å². The summed E-state index contributed by atoms with van der Waals surface area (Å²) in [5.41, 5.74) is 0. The van der Waals surface area contributed by atoms with Crippen molar-refractivity contribution in [3.05, 3.63) is 0 Å². The van der Waals surface area contributed by atoms with Gasteiger partial charge in [-0.25, -0.2) is 13.1 Å². The van der Waals surface area contributed by atoms with E-state index in [0.29, 0.717) is 12.5 Å². The van der Waals surface area contributed by atoms with Crippen LogP contribution in [0.15, 0.2) is 0 Å². The van der Waals surface area contributed by atoms with E-state index in [-0.39, 0.29) is 10.6 Å². The van der Waals surface area contributed by atoms with Gasteiger partial charge in [0, 0.05) is 11.4 Å². The van der Waals surface area contributed by atoms with E-state index >= 15 is 0 Å². The van der Waals surface area contributed by atoms with Crippen LogP contribution in [0.25, 0.3) is 0 Å². The monoisotopic (exact) mass is 313 g/mol. The van der Waals surface area contributed by atoms with E-state index in [9.17, 15) is 8.42 Å². The van der Waals surface area contributed by atoms with Gasteiger partial charge in [-0.2, -0.15) is 0 Å².